The lowest BCUT2D eigenvalue weighted by Crippen LogP contribution is -1.86. The van der Waals surface area contributed by atoms with Crippen LogP contribution in [-0.2, 0) is 6.42 Å². The van der Waals surface area contributed by atoms with Crippen LogP contribution >= 0.6 is 22.6 Å². The molecule has 0 bridgehead atoms. The van der Waals surface area contributed by atoms with Crippen LogP contribution in [0.5, 0.6) is 5.75 Å². The Kier molecular flexibility index (Phi) is 4.63. The van der Waals surface area contributed by atoms with Crippen molar-refractivity contribution in [3.05, 3.63) is 33.6 Å². The van der Waals surface area contributed by atoms with Crippen LogP contribution in [0.25, 0.3) is 11.3 Å². The Hall–Kier alpha value is -1.04. The molecule has 1 aromatic carbocycles. The van der Waals surface area contributed by atoms with Crippen molar-refractivity contribution in [3.63, 3.8) is 0 Å². The van der Waals surface area contributed by atoms with Crippen molar-refractivity contribution in [3.8, 4) is 17.0 Å². The quantitative estimate of drug-likeness (QED) is 0.749. The van der Waals surface area contributed by atoms with Gasteiger partial charge >= 0.3 is 0 Å². The van der Waals surface area contributed by atoms with Gasteiger partial charge in [0.2, 0.25) is 0 Å². The highest BCUT2D eigenvalue weighted by Crippen LogP contribution is 2.29. The molecule has 0 N–H and O–H groups in total. The summed E-state index contributed by atoms with van der Waals surface area (Å²) in [6.45, 7) is 2.17. The predicted octanol–water partition coefficient (Wildman–Crippen LogP) is 4.30. The van der Waals surface area contributed by atoms with E-state index in [1.807, 2.05) is 24.3 Å². The lowest BCUT2D eigenvalue weighted by molar-refractivity contribution is 0.381. The van der Waals surface area contributed by atoms with Crippen LogP contribution in [-0.4, -0.2) is 12.3 Å². The van der Waals surface area contributed by atoms with E-state index in [1.54, 1.807) is 7.11 Å². The molecule has 0 atom stereocenters. The van der Waals surface area contributed by atoms with Gasteiger partial charge in [-0.3, -0.25) is 0 Å². The third-order valence-electron chi connectivity index (χ3n) is 2.82. The maximum atomic E-state index is 5.42. The van der Waals surface area contributed by atoms with Crippen LogP contribution in [0, 0.1) is 3.57 Å². The second kappa shape index (κ2) is 6.22. The van der Waals surface area contributed by atoms with E-state index < -0.39 is 0 Å². The second-order valence-electron chi connectivity index (χ2n) is 4.10. The Morgan fingerprint density at radius 1 is 1.28 bits per heavy atom. The molecule has 0 fully saturated rings. The van der Waals surface area contributed by atoms with E-state index in [9.17, 15) is 0 Å². The van der Waals surface area contributed by atoms with Crippen LogP contribution < -0.4 is 4.74 Å². The number of methoxy groups -OCH3 is 1. The fourth-order valence-corrected chi connectivity index (χ4v) is 2.51. The van der Waals surface area contributed by atoms with Crippen molar-refractivity contribution < 1.29 is 9.26 Å². The minimum atomic E-state index is 0.850. The van der Waals surface area contributed by atoms with E-state index >= 15 is 0 Å². The molecule has 0 aliphatic rings. The molecule has 0 saturated carbocycles. The molecule has 1 aromatic heterocycles. The van der Waals surface area contributed by atoms with Crippen molar-refractivity contribution in [1.29, 1.82) is 0 Å². The number of aromatic nitrogens is 1. The minimum Gasteiger partial charge on any atom is -0.497 e. The molecule has 2 rings (SSSR count). The highest BCUT2D eigenvalue weighted by atomic mass is 127. The molecule has 1 heterocycles. The summed E-state index contributed by atoms with van der Waals surface area (Å²) < 4.78 is 11.7. The fraction of sp³-hybridized carbons (Fsp3) is 0.357. The number of hydrogen-bond acceptors (Lipinski definition) is 3. The molecule has 0 aliphatic carbocycles. The highest BCUT2D eigenvalue weighted by Gasteiger charge is 2.14. The average Bonchev–Trinajstić information content (AvgIpc) is 2.78. The predicted molar refractivity (Wildman–Crippen MR) is 79.8 cm³/mol. The van der Waals surface area contributed by atoms with Crippen molar-refractivity contribution in [1.82, 2.24) is 5.16 Å². The van der Waals surface area contributed by atoms with E-state index in [-0.39, 0.29) is 0 Å². The molecule has 0 unspecified atom stereocenters. The van der Waals surface area contributed by atoms with Gasteiger partial charge in [-0.1, -0.05) is 18.5 Å². The summed E-state index contributed by atoms with van der Waals surface area (Å²) in [4.78, 5) is 0. The molecule has 0 radical (unpaired) electrons. The number of aryl methyl sites for hydroxylation is 1. The van der Waals surface area contributed by atoms with Crippen LogP contribution in [0.2, 0.25) is 0 Å². The molecule has 96 valence electrons. The van der Waals surface area contributed by atoms with Gasteiger partial charge in [-0.2, -0.15) is 0 Å². The summed E-state index contributed by atoms with van der Waals surface area (Å²) in [6.07, 6.45) is 3.25. The molecule has 3 nitrogen and oxygen atoms in total. The lowest BCUT2D eigenvalue weighted by atomic mass is 10.1. The lowest BCUT2D eigenvalue weighted by Gasteiger charge is -2.00. The topological polar surface area (TPSA) is 35.3 Å². The van der Waals surface area contributed by atoms with Crippen molar-refractivity contribution in [2.75, 3.05) is 7.11 Å². The van der Waals surface area contributed by atoms with Gasteiger partial charge in [0.25, 0.3) is 0 Å². The maximum Gasteiger partial charge on any atom is 0.150 e. The molecule has 0 aliphatic heterocycles. The summed E-state index contributed by atoms with van der Waals surface area (Å²) in [7, 11) is 1.66. The smallest absolute Gasteiger partial charge is 0.150 e. The molecule has 4 heteroatoms. The first-order chi connectivity index (χ1) is 8.76. The zero-order chi connectivity index (χ0) is 13.0. The zero-order valence-electron chi connectivity index (χ0n) is 10.6. The van der Waals surface area contributed by atoms with E-state index in [0.29, 0.717) is 0 Å². The number of benzene rings is 1. The van der Waals surface area contributed by atoms with Crippen LogP contribution in [0.4, 0.5) is 0 Å². The highest BCUT2D eigenvalue weighted by molar-refractivity contribution is 14.1. The van der Waals surface area contributed by atoms with Gasteiger partial charge in [0.05, 0.1) is 10.7 Å². The number of hydrogen-bond donors (Lipinski definition) is 0. The first-order valence-electron chi connectivity index (χ1n) is 6.04. The molecule has 0 spiro atoms. The Morgan fingerprint density at radius 2 is 2.00 bits per heavy atom. The number of rotatable bonds is 5. The van der Waals surface area contributed by atoms with E-state index in [1.165, 1.54) is 0 Å². The van der Waals surface area contributed by atoms with Crippen molar-refractivity contribution >= 4 is 22.6 Å². The molecule has 0 amide bonds. The molecule has 18 heavy (non-hydrogen) atoms. The number of unbranched alkanes of at least 4 members (excludes halogenated alkanes) is 1. The first-order valence-corrected chi connectivity index (χ1v) is 7.12. The summed E-state index contributed by atoms with van der Waals surface area (Å²) in [5, 5.41) is 4.17. The van der Waals surface area contributed by atoms with Gasteiger partial charge in [-0.15, -0.1) is 0 Å². The average molecular weight is 357 g/mol. The van der Waals surface area contributed by atoms with Crippen molar-refractivity contribution in [2.45, 2.75) is 26.2 Å². The van der Waals surface area contributed by atoms with E-state index in [2.05, 4.69) is 34.7 Å². The minimum absolute atomic E-state index is 0.850. The number of halogens is 1. The second-order valence-corrected chi connectivity index (χ2v) is 5.18. The van der Waals surface area contributed by atoms with E-state index in [4.69, 9.17) is 9.26 Å². The molecular weight excluding hydrogens is 341 g/mol. The Bertz CT molecular complexity index is 505. The standard InChI is InChI=1S/C14H16INO2/c1-3-4-5-12-13(15)14(16-18-12)10-6-8-11(17-2)9-7-10/h6-9H,3-5H2,1-2H3. The third-order valence-corrected chi connectivity index (χ3v) is 3.93. The normalized spacial score (nSPS) is 10.6. The van der Waals surface area contributed by atoms with Gasteiger partial charge in [0.15, 0.2) is 5.76 Å². The SMILES string of the molecule is CCCCc1onc(-c2ccc(OC)cc2)c1I. The van der Waals surface area contributed by atoms with Crippen LogP contribution in [0.1, 0.15) is 25.5 Å². The molecule has 0 saturated heterocycles. The van der Waals surface area contributed by atoms with Crippen molar-refractivity contribution in [2.24, 2.45) is 0 Å². The monoisotopic (exact) mass is 357 g/mol. The Morgan fingerprint density at radius 3 is 2.61 bits per heavy atom. The summed E-state index contributed by atoms with van der Waals surface area (Å²) in [5.74, 6) is 1.84. The third kappa shape index (κ3) is 2.85. The summed E-state index contributed by atoms with van der Waals surface area (Å²) in [5.41, 5.74) is 1.98. The molecular formula is C14H16INO2. The Balaban J connectivity index is 2.24. The zero-order valence-corrected chi connectivity index (χ0v) is 12.7. The molecule has 2 aromatic rings. The maximum absolute atomic E-state index is 5.42. The van der Waals surface area contributed by atoms with E-state index in [0.717, 1.165) is 45.6 Å². The summed E-state index contributed by atoms with van der Waals surface area (Å²) in [6, 6.07) is 7.88. The number of ether oxygens (including phenoxy) is 1. The fourth-order valence-electron chi connectivity index (χ4n) is 1.73. The van der Waals surface area contributed by atoms with Gasteiger partial charge in [0.1, 0.15) is 11.4 Å². The van der Waals surface area contributed by atoms with Gasteiger partial charge < -0.3 is 9.26 Å². The van der Waals surface area contributed by atoms with Gasteiger partial charge in [-0.05, 0) is 53.3 Å². The largest absolute Gasteiger partial charge is 0.497 e. The van der Waals surface area contributed by atoms with Crippen LogP contribution in [0.3, 0.4) is 0 Å². The Labute approximate surface area is 121 Å². The van der Waals surface area contributed by atoms with Crippen LogP contribution in [0.15, 0.2) is 28.8 Å². The summed E-state index contributed by atoms with van der Waals surface area (Å²) >= 11 is 2.31. The first kappa shape index (κ1) is 13.4. The van der Waals surface area contributed by atoms with Gasteiger partial charge in [-0.25, -0.2) is 0 Å². The number of nitrogens with zero attached hydrogens (tertiary/aromatic N) is 1. The van der Waals surface area contributed by atoms with Gasteiger partial charge in [0, 0.05) is 12.0 Å².